The third-order valence-electron chi connectivity index (χ3n) is 2.51. The van der Waals surface area contributed by atoms with Crippen molar-refractivity contribution in [3.8, 4) is 0 Å². The first-order valence-corrected chi connectivity index (χ1v) is 8.21. The van der Waals surface area contributed by atoms with Crippen molar-refractivity contribution in [3.63, 3.8) is 0 Å². The van der Waals surface area contributed by atoms with Crippen LogP contribution in [0.1, 0.15) is 13.3 Å². The van der Waals surface area contributed by atoms with E-state index in [9.17, 15) is 9.59 Å². The van der Waals surface area contributed by atoms with Crippen LogP contribution in [0.2, 0.25) is 0 Å². The van der Waals surface area contributed by atoms with Crippen molar-refractivity contribution in [1.29, 1.82) is 0 Å². The van der Waals surface area contributed by atoms with Gasteiger partial charge in [0, 0.05) is 42.0 Å². The van der Waals surface area contributed by atoms with E-state index < -0.39 is 5.97 Å². The molecule has 0 radical (unpaired) electrons. The fraction of sp³-hybridized carbons (Fsp3) is 0.818. The highest BCUT2D eigenvalue weighted by molar-refractivity contribution is 8.06. The average Bonchev–Trinajstić information content (AvgIpc) is 2.34. The van der Waals surface area contributed by atoms with Gasteiger partial charge >= 0.3 is 12.0 Å². The van der Waals surface area contributed by atoms with Gasteiger partial charge in [0.05, 0.1) is 0 Å². The summed E-state index contributed by atoms with van der Waals surface area (Å²) >= 11 is 3.82. The molecule has 0 spiro atoms. The molecule has 0 saturated carbocycles. The lowest BCUT2D eigenvalue weighted by molar-refractivity contribution is -0.137. The summed E-state index contributed by atoms with van der Waals surface area (Å²) in [4.78, 5) is 21.9. The van der Waals surface area contributed by atoms with Gasteiger partial charge in [0.1, 0.15) is 0 Å². The minimum absolute atomic E-state index is 0.0483. The molecule has 7 heteroatoms. The molecule has 0 aromatic carbocycles. The van der Waals surface area contributed by atoms with Crippen molar-refractivity contribution >= 4 is 35.5 Å². The summed E-state index contributed by atoms with van der Waals surface area (Å²) in [5.74, 6) is 2.54. The Balaban J connectivity index is 2.07. The van der Waals surface area contributed by atoms with E-state index in [1.165, 1.54) is 5.75 Å². The number of carboxylic acid groups (broad SMARTS) is 1. The van der Waals surface area contributed by atoms with Crippen molar-refractivity contribution in [1.82, 2.24) is 10.6 Å². The Morgan fingerprint density at radius 1 is 1.39 bits per heavy atom. The van der Waals surface area contributed by atoms with Crippen molar-refractivity contribution in [2.75, 3.05) is 30.3 Å². The van der Waals surface area contributed by atoms with E-state index in [-0.39, 0.29) is 18.4 Å². The lowest BCUT2D eigenvalue weighted by atomic mass is 10.1. The molecule has 0 aromatic heterocycles. The zero-order valence-electron chi connectivity index (χ0n) is 10.5. The summed E-state index contributed by atoms with van der Waals surface area (Å²) in [5.41, 5.74) is 0. The van der Waals surface area contributed by atoms with Gasteiger partial charge in [-0.1, -0.05) is 6.92 Å². The molecule has 5 nitrogen and oxygen atoms in total. The van der Waals surface area contributed by atoms with Gasteiger partial charge in [-0.2, -0.15) is 23.5 Å². The first-order valence-electron chi connectivity index (χ1n) is 6.00. The molecular formula is C11H20N2O3S2. The number of hydrogen-bond donors (Lipinski definition) is 3. The molecule has 1 heterocycles. The van der Waals surface area contributed by atoms with E-state index >= 15 is 0 Å². The predicted molar refractivity (Wildman–Crippen MR) is 76.4 cm³/mol. The van der Waals surface area contributed by atoms with Crippen LogP contribution in [-0.2, 0) is 4.79 Å². The molecule has 2 unspecified atom stereocenters. The van der Waals surface area contributed by atoms with E-state index in [2.05, 4.69) is 10.6 Å². The normalized spacial score (nSPS) is 21.1. The molecular weight excluding hydrogens is 272 g/mol. The number of carboxylic acids is 1. The van der Waals surface area contributed by atoms with Crippen LogP contribution < -0.4 is 10.6 Å². The van der Waals surface area contributed by atoms with Gasteiger partial charge in [0.15, 0.2) is 0 Å². The number of rotatable bonds is 6. The summed E-state index contributed by atoms with van der Waals surface area (Å²) in [5, 5.41) is 14.6. The molecule has 1 aliphatic rings. The van der Waals surface area contributed by atoms with E-state index in [1.54, 1.807) is 0 Å². The zero-order valence-corrected chi connectivity index (χ0v) is 12.1. The van der Waals surface area contributed by atoms with E-state index in [0.29, 0.717) is 18.3 Å². The highest BCUT2D eigenvalue weighted by atomic mass is 32.2. The van der Waals surface area contributed by atoms with Crippen molar-refractivity contribution in [3.05, 3.63) is 0 Å². The molecule has 1 saturated heterocycles. The number of thioether (sulfide) groups is 2. The second-order valence-electron chi connectivity index (χ2n) is 4.36. The highest BCUT2D eigenvalue weighted by Crippen LogP contribution is 2.23. The minimum Gasteiger partial charge on any atom is -0.481 e. The molecule has 2 atom stereocenters. The number of urea groups is 1. The van der Waals surface area contributed by atoms with Crippen LogP contribution in [0.3, 0.4) is 0 Å². The lowest BCUT2D eigenvalue weighted by Crippen LogP contribution is -2.41. The second kappa shape index (κ2) is 8.53. The minimum atomic E-state index is -0.833. The fourth-order valence-electron chi connectivity index (χ4n) is 1.56. The van der Waals surface area contributed by atoms with Crippen LogP contribution in [0, 0.1) is 5.92 Å². The zero-order chi connectivity index (χ0) is 13.4. The van der Waals surface area contributed by atoms with Crippen molar-refractivity contribution in [2.45, 2.75) is 18.6 Å². The monoisotopic (exact) mass is 292 g/mol. The second-order valence-corrected chi connectivity index (χ2v) is 6.92. The summed E-state index contributed by atoms with van der Waals surface area (Å²) < 4.78 is 0. The maximum absolute atomic E-state index is 11.5. The third-order valence-corrected chi connectivity index (χ3v) is 5.35. The molecule has 2 amide bonds. The molecule has 1 rings (SSSR count). The summed E-state index contributed by atoms with van der Waals surface area (Å²) in [6.07, 6.45) is 0.0788. The topological polar surface area (TPSA) is 78.4 Å². The Bertz CT molecular complexity index is 283. The van der Waals surface area contributed by atoms with E-state index in [4.69, 9.17) is 5.11 Å². The molecule has 1 fully saturated rings. The van der Waals surface area contributed by atoms with Gasteiger partial charge in [-0.3, -0.25) is 4.79 Å². The van der Waals surface area contributed by atoms with Crippen LogP contribution in [0.4, 0.5) is 4.79 Å². The summed E-state index contributed by atoms with van der Waals surface area (Å²) in [6, 6.07) is -0.205. The number of carbonyl (C=O) groups excluding carboxylic acids is 1. The quantitative estimate of drug-likeness (QED) is 0.686. The number of nitrogens with one attached hydrogen (secondary N) is 2. The van der Waals surface area contributed by atoms with Gasteiger partial charge in [-0.25, -0.2) is 4.79 Å². The molecule has 0 bridgehead atoms. The van der Waals surface area contributed by atoms with E-state index in [1.807, 2.05) is 30.4 Å². The average molecular weight is 292 g/mol. The maximum Gasteiger partial charge on any atom is 0.314 e. The summed E-state index contributed by atoms with van der Waals surface area (Å²) in [7, 11) is 0. The van der Waals surface area contributed by atoms with E-state index in [0.717, 1.165) is 11.5 Å². The number of aliphatic carboxylic acids is 1. The Kier molecular flexibility index (Phi) is 7.34. The van der Waals surface area contributed by atoms with Gasteiger partial charge < -0.3 is 15.7 Å². The standard InChI is InChI=1S/C11H20N2O3S2/c1-8(4-10(14)15)5-12-11(16)13-6-9-7-17-2-3-18-9/h8-9H,2-7H2,1H3,(H,14,15)(H2,12,13,16). The number of amides is 2. The van der Waals surface area contributed by atoms with Gasteiger partial charge in [-0.05, 0) is 5.92 Å². The molecule has 0 aromatic rings. The third kappa shape index (κ3) is 7.00. The molecule has 104 valence electrons. The number of hydrogen-bond acceptors (Lipinski definition) is 4. The largest absolute Gasteiger partial charge is 0.481 e. The molecule has 1 aliphatic heterocycles. The lowest BCUT2D eigenvalue weighted by Gasteiger charge is -2.21. The fourth-order valence-corrected chi connectivity index (χ4v) is 4.17. The first-order chi connectivity index (χ1) is 8.58. The van der Waals surface area contributed by atoms with Crippen molar-refractivity contribution < 1.29 is 14.7 Å². The Morgan fingerprint density at radius 2 is 2.17 bits per heavy atom. The number of carbonyl (C=O) groups is 2. The highest BCUT2D eigenvalue weighted by Gasteiger charge is 2.15. The van der Waals surface area contributed by atoms with Crippen LogP contribution in [0.15, 0.2) is 0 Å². The predicted octanol–water partition coefficient (Wildman–Crippen LogP) is 1.24. The van der Waals surface area contributed by atoms with Gasteiger partial charge in [0.25, 0.3) is 0 Å². The Labute approximate surface area is 116 Å². The molecule has 0 aliphatic carbocycles. The summed E-state index contributed by atoms with van der Waals surface area (Å²) in [6.45, 7) is 2.88. The molecule has 3 N–H and O–H groups in total. The van der Waals surface area contributed by atoms with Gasteiger partial charge in [0.2, 0.25) is 0 Å². The Hall–Kier alpha value is -0.560. The van der Waals surface area contributed by atoms with Crippen LogP contribution in [-0.4, -0.2) is 52.7 Å². The van der Waals surface area contributed by atoms with Crippen LogP contribution in [0.5, 0.6) is 0 Å². The maximum atomic E-state index is 11.5. The first kappa shape index (κ1) is 15.5. The van der Waals surface area contributed by atoms with Crippen LogP contribution >= 0.6 is 23.5 Å². The molecule has 18 heavy (non-hydrogen) atoms. The van der Waals surface area contributed by atoms with Gasteiger partial charge in [-0.15, -0.1) is 0 Å². The smallest absolute Gasteiger partial charge is 0.314 e. The van der Waals surface area contributed by atoms with Crippen molar-refractivity contribution in [2.24, 2.45) is 5.92 Å². The Morgan fingerprint density at radius 3 is 2.78 bits per heavy atom. The SMILES string of the molecule is CC(CNC(=O)NCC1CSCCS1)CC(=O)O. The van der Waals surface area contributed by atoms with Crippen LogP contribution in [0.25, 0.3) is 0 Å².